The second kappa shape index (κ2) is 5.43. The number of nitriles is 1. The summed E-state index contributed by atoms with van der Waals surface area (Å²) >= 11 is 1.17. The van der Waals surface area contributed by atoms with Crippen molar-refractivity contribution in [2.75, 3.05) is 0 Å². The number of benzene rings is 1. The van der Waals surface area contributed by atoms with Gasteiger partial charge in [-0.3, -0.25) is 4.79 Å². The van der Waals surface area contributed by atoms with Gasteiger partial charge in [-0.25, -0.2) is 0 Å². The maximum atomic E-state index is 10.9. The second-order valence-corrected chi connectivity index (χ2v) is 4.43. The normalized spacial score (nSPS) is 10.1. The molecule has 17 heavy (non-hydrogen) atoms. The van der Waals surface area contributed by atoms with Crippen molar-refractivity contribution in [1.29, 1.82) is 5.26 Å². The molecule has 0 aliphatic carbocycles. The van der Waals surface area contributed by atoms with E-state index in [-0.39, 0.29) is 4.87 Å². The van der Waals surface area contributed by atoms with E-state index in [0.29, 0.717) is 18.7 Å². The van der Waals surface area contributed by atoms with E-state index >= 15 is 0 Å². The first-order valence-electron chi connectivity index (χ1n) is 5.14. The number of rotatable bonds is 4. The molecular weight excluding hydrogens is 234 g/mol. The Bertz CT molecular complexity index is 577. The molecule has 2 rings (SSSR count). The van der Waals surface area contributed by atoms with E-state index in [2.05, 4.69) is 16.4 Å². The molecule has 0 saturated heterocycles. The summed E-state index contributed by atoms with van der Waals surface area (Å²) in [6.07, 6.45) is 0. The van der Waals surface area contributed by atoms with E-state index in [1.165, 1.54) is 11.3 Å². The molecular formula is C12H11N3OS. The Morgan fingerprint density at radius 3 is 2.65 bits per heavy atom. The average molecular weight is 245 g/mol. The van der Waals surface area contributed by atoms with E-state index in [1.54, 1.807) is 12.1 Å². The summed E-state index contributed by atoms with van der Waals surface area (Å²) in [4.78, 5) is 13.6. The van der Waals surface area contributed by atoms with E-state index in [9.17, 15) is 4.79 Å². The third kappa shape index (κ3) is 3.28. The Kier molecular flexibility index (Phi) is 3.70. The van der Waals surface area contributed by atoms with Gasteiger partial charge in [0.05, 0.1) is 11.6 Å². The summed E-state index contributed by atoms with van der Waals surface area (Å²) < 4.78 is 0. The SMILES string of the molecule is N#Cc1ccc(CNCc2csc(=O)[nH]2)cc1. The van der Waals surface area contributed by atoms with Gasteiger partial charge in [-0.15, -0.1) is 0 Å². The lowest BCUT2D eigenvalue weighted by Gasteiger charge is -2.03. The van der Waals surface area contributed by atoms with Crippen LogP contribution < -0.4 is 10.2 Å². The molecule has 0 spiro atoms. The average Bonchev–Trinajstić information content (AvgIpc) is 2.76. The van der Waals surface area contributed by atoms with E-state index in [1.807, 2.05) is 17.5 Å². The lowest BCUT2D eigenvalue weighted by Crippen LogP contribution is -2.13. The van der Waals surface area contributed by atoms with E-state index in [0.717, 1.165) is 11.3 Å². The summed E-state index contributed by atoms with van der Waals surface area (Å²) in [5.74, 6) is 0. The first kappa shape index (κ1) is 11.6. The quantitative estimate of drug-likeness (QED) is 0.859. The molecule has 2 N–H and O–H groups in total. The zero-order valence-electron chi connectivity index (χ0n) is 9.06. The molecule has 2 aromatic rings. The Morgan fingerprint density at radius 1 is 1.29 bits per heavy atom. The van der Waals surface area contributed by atoms with Gasteiger partial charge in [0.1, 0.15) is 0 Å². The predicted octanol–water partition coefficient (Wildman–Crippen LogP) is 1.60. The lowest BCUT2D eigenvalue weighted by atomic mass is 10.1. The van der Waals surface area contributed by atoms with Crippen molar-refractivity contribution in [2.45, 2.75) is 13.1 Å². The fourth-order valence-corrected chi connectivity index (χ4v) is 2.02. The van der Waals surface area contributed by atoms with Crippen molar-refractivity contribution in [3.63, 3.8) is 0 Å². The lowest BCUT2D eigenvalue weighted by molar-refractivity contribution is 0.681. The largest absolute Gasteiger partial charge is 0.315 e. The van der Waals surface area contributed by atoms with Gasteiger partial charge >= 0.3 is 4.87 Å². The number of nitrogens with one attached hydrogen (secondary N) is 2. The van der Waals surface area contributed by atoms with E-state index < -0.39 is 0 Å². The van der Waals surface area contributed by atoms with Gasteiger partial charge in [-0.05, 0) is 17.7 Å². The molecule has 0 bridgehead atoms. The molecule has 0 unspecified atom stereocenters. The molecule has 1 aromatic heterocycles. The molecule has 0 fully saturated rings. The molecule has 4 nitrogen and oxygen atoms in total. The van der Waals surface area contributed by atoms with Crippen LogP contribution in [0, 0.1) is 11.3 Å². The number of H-pyrrole nitrogens is 1. The maximum Gasteiger partial charge on any atom is 0.304 e. The van der Waals surface area contributed by atoms with Crippen LogP contribution in [0.5, 0.6) is 0 Å². The molecule has 1 heterocycles. The molecule has 0 aliphatic heterocycles. The summed E-state index contributed by atoms with van der Waals surface area (Å²) in [6, 6.07) is 9.51. The number of hydrogen-bond acceptors (Lipinski definition) is 4. The fourth-order valence-electron chi connectivity index (χ4n) is 1.44. The third-order valence-corrected chi connectivity index (χ3v) is 3.02. The van der Waals surface area contributed by atoms with Crippen LogP contribution in [0.25, 0.3) is 0 Å². The highest BCUT2D eigenvalue weighted by molar-refractivity contribution is 7.07. The molecule has 86 valence electrons. The van der Waals surface area contributed by atoms with Crippen LogP contribution >= 0.6 is 11.3 Å². The van der Waals surface area contributed by atoms with Gasteiger partial charge in [-0.1, -0.05) is 23.5 Å². The van der Waals surface area contributed by atoms with Gasteiger partial charge in [0.2, 0.25) is 0 Å². The van der Waals surface area contributed by atoms with Gasteiger partial charge in [0.15, 0.2) is 0 Å². The van der Waals surface area contributed by atoms with Crippen LogP contribution in [0.1, 0.15) is 16.8 Å². The second-order valence-electron chi connectivity index (χ2n) is 3.59. The molecule has 1 aromatic carbocycles. The van der Waals surface area contributed by atoms with Crippen LogP contribution in [-0.4, -0.2) is 4.98 Å². The van der Waals surface area contributed by atoms with Crippen LogP contribution in [0.3, 0.4) is 0 Å². The molecule has 0 radical (unpaired) electrons. The predicted molar refractivity (Wildman–Crippen MR) is 66.6 cm³/mol. The Hall–Kier alpha value is -1.90. The Balaban J connectivity index is 1.86. The van der Waals surface area contributed by atoms with Crippen LogP contribution in [0.2, 0.25) is 0 Å². The van der Waals surface area contributed by atoms with Crippen molar-refractivity contribution >= 4 is 11.3 Å². The number of aromatic nitrogens is 1. The minimum atomic E-state index is -0.0276. The standard InChI is InChI=1S/C12H11N3OS/c13-5-9-1-3-10(4-2-9)6-14-7-11-8-17-12(16)15-11/h1-4,8,14H,6-7H2,(H,15,16). The van der Waals surface area contributed by atoms with Crippen LogP contribution in [0.15, 0.2) is 34.4 Å². The van der Waals surface area contributed by atoms with Gasteiger partial charge in [0.25, 0.3) is 0 Å². The number of aromatic amines is 1. The van der Waals surface area contributed by atoms with Crippen molar-refractivity contribution in [3.05, 3.63) is 56.1 Å². The summed E-state index contributed by atoms with van der Waals surface area (Å²) in [5, 5.41) is 13.7. The molecule has 5 heteroatoms. The third-order valence-electron chi connectivity index (χ3n) is 2.30. The summed E-state index contributed by atoms with van der Waals surface area (Å²) in [5.41, 5.74) is 2.67. The zero-order valence-corrected chi connectivity index (χ0v) is 9.88. The van der Waals surface area contributed by atoms with Crippen LogP contribution in [0.4, 0.5) is 0 Å². The summed E-state index contributed by atoms with van der Waals surface area (Å²) in [6.45, 7) is 1.35. The van der Waals surface area contributed by atoms with Crippen LogP contribution in [-0.2, 0) is 13.1 Å². The number of hydrogen-bond donors (Lipinski definition) is 2. The molecule has 0 atom stereocenters. The highest BCUT2D eigenvalue weighted by Crippen LogP contribution is 2.03. The highest BCUT2D eigenvalue weighted by Gasteiger charge is 1.97. The van der Waals surface area contributed by atoms with Crippen molar-refractivity contribution < 1.29 is 0 Å². The van der Waals surface area contributed by atoms with Crippen molar-refractivity contribution in [2.24, 2.45) is 0 Å². The topological polar surface area (TPSA) is 68.7 Å². The van der Waals surface area contributed by atoms with Crippen molar-refractivity contribution in [1.82, 2.24) is 10.3 Å². The van der Waals surface area contributed by atoms with Gasteiger partial charge in [-0.2, -0.15) is 5.26 Å². The molecule has 0 saturated carbocycles. The highest BCUT2D eigenvalue weighted by atomic mass is 32.1. The Morgan fingerprint density at radius 2 is 2.06 bits per heavy atom. The van der Waals surface area contributed by atoms with Crippen molar-refractivity contribution in [3.8, 4) is 6.07 Å². The number of nitrogens with zero attached hydrogens (tertiary/aromatic N) is 1. The first-order valence-corrected chi connectivity index (χ1v) is 6.02. The minimum Gasteiger partial charge on any atom is -0.315 e. The number of thiazole rings is 1. The maximum absolute atomic E-state index is 10.9. The Labute approximate surface area is 103 Å². The van der Waals surface area contributed by atoms with Gasteiger partial charge < -0.3 is 10.3 Å². The zero-order chi connectivity index (χ0) is 12.1. The smallest absolute Gasteiger partial charge is 0.304 e. The fraction of sp³-hybridized carbons (Fsp3) is 0.167. The minimum absolute atomic E-state index is 0.0276. The monoisotopic (exact) mass is 245 g/mol. The molecule has 0 amide bonds. The van der Waals surface area contributed by atoms with E-state index in [4.69, 9.17) is 5.26 Å². The molecule has 0 aliphatic rings. The van der Waals surface area contributed by atoms with Gasteiger partial charge in [0, 0.05) is 24.2 Å². The first-order chi connectivity index (χ1) is 8.28. The summed E-state index contributed by atoms with van der Waals surface area (Å²) in [7, 11) is 0.